The van der Waals surface area contributed by atoms with Gasteiger partial charge in [-0.15, -0.1) is 0 Å². The van der Waals surface area contributed by atoms with Crippen molar-refractivity contribution in [2.75, 3.05) is 37.5 Å². The maximum absolute atomic E-state index is 11.9. The molecule has 148 valence electrons. The highest BCUT2D eigenvalue weighted by molar-refractivity contribution is 5.96. The number of esters is 1. The van der Waals surface area contributed by atoms with Crippen LogP contribution in [-0.4, -0.2) is 45.0 Å². The molecule has 7 heteroatoms. The molecule has 2 rings (SSSR count). The number of hydrogen-bond donors (Lipinski definition) is 1. The van der Waals surface area contributed by atoms with Gasteiger partial charge >= 0.3 is 5.97 Å². The lowest BCUT2D eigenvalue weighted by molar-refractivity contribution is -0.149. The second-order valence-corrected chi connectivity index (χ2v) is 6.24. The quantitative estimate of drug-likeness (QED) is 0.529. The van der Waals surface area contributed by atoms with Crippen LogP contribution in [0.4, 0.5) is 11.4 Å². The van der Waals surface area contributed by atoms with Gasteiger partial charge in [-0.25, -0.2) is 4.79 Å². The fourth-order valence-corrected chi connectivity index (χ4v) is 2.31. The number of ether oxygens (including phenoxy) is 2. The Morgan fingerprint density at radius 1 is 0.929 bits per heavy atom. The molecule has 0 aromatic heterocycles. The molecule has 0 heterocycles. The number of carbonyl (C=O) groups is 3. The molecule has 0 radical (unpaired) electrons. The van der Waals surface area contributed by atoms with Crippen molar-refractivity contribution in [2.45, 2.75) is 13.3 Å². The third-order valence-corrected chi connectivity index (χ3v) is 3.89. The van der Waals surface area contributed by atoms with E-state index in [-0.39, 0.29) is 12.4 Å². The Kier molecular flexibility index (Phi) is 7.56. The number of rotatable bonds is 9. The van der Waals surface area contributed by atoms with Gasteiger partial charge in [-0.05, 0) is 48.5 Å². The molecule has 0 fully saturated rings. The van der Waals surface area contributed by atoms with Gasteiger partial charge in [0.25, 0.3) is 5.91 Å². The summed E-state index contributed by atoms with van der Waals surface area (Å²) in [6.07, 6.45) is 0.425. The van der Waals surface area contributed by atoms with E-state index in [4.69, 9.17) is 9.47 Å². The fraction of sp³-hybridized carbons (Fsp3) is 0.286. The minimum atomic E-state index is -0.660. The highest BCUT2D eigenvalue weighted by atomic mass is 16.6. The van der Waals surface area contributed by atoms with Gasteiger partial charge < -0.3 is 19.7 Å². The molecule has 0 saturated carbocycles. The van der Waals surface area contributed by atoms with Crippen LogP contribution in [0.3, 0.4) is 0 Å². The molecule has 0 unspecified atom stereocenters. The van der Waals surface area contributed by atoms with Crippen LogP contribution in [0.15, 0.2) is 48.5 Å². The molecular formula is C21H24N2O5. The molecule has 0 aliphatic heterocycles. The standard InChI is InChI=1S/C21H24N2O5/c1-4-19(24)15-5-11-18(12-6-15)27-14-21(26)28-13-20(25)22-16-7-9-17(10-8-16)23(2)3/h5-12H,4,13-14H2,1-3H3,(H,22,25). The Morgan fingerprint density at radius 3 is 2.14 bits per heavy atom. The second-order valence-electron chi connectivity index (χ2n) is 6.24. The summed E-state index contributed by atoms with van der Waals surface area (Å²) >= 11 is 0. The van der Waals surface area contributed by atoms with Crippen molar-refractivity contribution in [3.63, 3.8) is 0 Å². The van der Waals surface area contributed by atoms with Crippen molar-refractivity contribution in [2.24, 2.45) is 0 Å². The van der Waals surface area contributed by atoms with E-state index < -0.39 is 18.5 Å². The average Bonchev–Trinajstić information content (AvgIpc) is 2.71. The molecule has 1 N–H and O–H groups in total. The van der Waals surface area contributed by atoms with Crippen LogP contribution >= 0.6 is 0 Å². The van der Waals surface area contributed by atoms with Crippen LogP contribution in [0.5, 0.6) is 5.75 Å². The number of nitrogens with zero attached hydrogens (tertiary/aromatic N) is 1. The van der Waals surface area contributed by atoms with Gasteiger partial charge in [0.15, 0.2) is 19.0 Å². The molecule has 7 nitrogen and oxygen atoms in total. The predicted octanol–water partition coefficient (Wildman–Crippen LogP) is 2.91. The number of nitrogens with one attached hydrogen (secondary N) is 1. The van der Waals surface area contributed by atoms with Crippen molar-refractivity contribution in [1.82, 2.24) is 0 Å². The van der Waals surface area contributed by atoms with Crippen molar-refractivity contribution >= 4 is 29.0 Å². The van der Waals surface area contributed by atoms with Crippen molar-refractivity contribution < 1.29 is 23.9 Å². The average molecular weight is 384 g/mol. The van der Waals surface area contributed by atoms with Crippen molar-refractivity contribution in [3.8, 4) is 5.75 Å². The summed E-state index contributed by atoms with van der Waals surface area (Å²) in [4.78, 5) is 37.1. The van der Waals surface area contributed by atoms with E-state index in [1.165, 1.54) is 0 Å². The van der Waals surface area contributed by atoms with E-state index in [1.54, 1.807) is 43.3 Å². The normalized spacial score (nSPS) is 10.1. The van der Waals surface area contributed by atoms with Gasteiger partial charge in [0.1, 0.15) is 5.75 Å². The molecule has 0 atom stereocenters. The fourth-order valence-electron chi connectivity index (χ4n) is 2.31. The van der Waals surface area contributed by atoms with Gasteiger partial charge in [0, 0.05) is 37.5 Å². The summed E-state index contributed by atoms with van der Waals surface area (Å²) in [6.45, 7) is 1.06. The van der Waals surface area contributed by atoms with Gasteiger partial charge in [0.2, 0.25) is 0 Å². The number of anilines is 2. The Bertz CT molecular complexity index is 814. The topological polar surface area (TPSA) is 84.9 Å². The summed E-state index contributed by atoms with van der Waals surface area (Å²) in [5.41, 5.74) is 2.21. The first-order valence-electron chi connectivity index (χ1n) is 8.88. The zero-order chi connectivity index (χ0) is 20.5. The monoisotopic (exact) mass is 384 g/mol. The molecule has 0 aliphatic carbocycles. The van der Waals surface area contributed by atoms with E-state index in [1.807, 2.05) is 31.1 Å². The van der Waals surface area contributed by atoms with Crippen LogP contribution in [0.2, 0.25) is 0 Å². The first-order valence-corrected chi connectivity index (χ1v) is 8.88. The molecule has 0 bridgehead atoms. The van der Waals surface area contributed by atoms with Crippen LogP contribution in [0, 0.1) is 0 Å². The first kappa shape index (κ1) is 21.0. The summed E-state index contributed by atoms with van der Waals surface area (Å²) < 4.78 is 10.2. The van der Waals surface area contributed by atoms with Gasteiger partial charge in [-0.1, -0.05) is 6.92 Å². The van der Waals surface area contributed by atoms with E-state index in [2.05, 4.69) is 5.32 Å². The molecule has 0 aliphatic rings. The van der Waals surface area contributed by atoms with E-state index in [9.17, 15) is 14.4 Å². The number of carbonyl (C=O) groups excluding carboxylic acids is 3. The lowest BCUT2D eigenvalue weighted by atomic mass is 10.1. The third-order valence-electron chi connectivity index (χ3n) is 3.89. The third kappa shape index (κ3) is 6.42. The van der Waals surface area contributed by atoms with E-state index >= 15 is 0 Å². The summed E-state index contributed by atoms with van der Waals surface area (Å²) in [5, 5.41) is 2.65. The lowest BCUT2D eigenvalue weighted by Gasteiger charge is -2.13. The van der Waals surface area contributed by atoms with Crippen molar-refractivity contribution in [3.05, 3.63) is 54.1 Å². The SMILES string of the molecule is CCC(=O)c1ccc(OCC(=O)OCC(=O)Nc2ccc(N(C)C)cc2)cc1. The minimum absolute atomic E-state index is 0.0355. The molecule has 1 amide bonds. The van der Waals surface area contributed by atoms with Gasteiger partial charge in [-0.2, -0.15) is 0 Å². The maximum Gasteiger partial charge on any atom is 0.344 e. The number of hydrogen-bond acceptors (Lipinski definition) is 6. The summed E-state index contributed by atoms with van der Waals surface area (Å²) in [5.74, 6) is -0.622. The largest absolute Gasteiger partial charge is 0.482 e. The number of benzene rings is 2. The lowest BCUT2D eigenvalue weighted by Crippen LogP contribution is -2.23. The van der Waals surface area contributed by atoms with Gasteiger partial charge in [0.05, 0.1) is 0 Å². The highest BCUT2D eigenvalue weighted by Crippen LogP contribution is 2.16. The maximum atomic E-state index is 11.9. The van der Waals surface area contributed by atoms with E-state index in [0.717, 1.165) is 5.69 Å². The Labute approximate surface area is 164 Å². The van der Waals surface area contributed by atoms with Crippen LogP contribution in [0.25, 0.3) is 0 Å². The van der Waals surface area contributed by atoms with E-state index in [0.29, 0.717) is 23.4 Å². The molecular weight excluding hydrogens is 360 g/mol. The number of Topliss-reactive ketones (excluding diaryl/α,β-unsaturated/α-hetero) is 1. The molecule has 2 aromatic carbocycles. The zero-order valence-electron chi connectivity index (χ0n) is 16.2. The minimum Gasteiger partial charge on any atom is -0.482 e. The summed E-state index contributed by atoms with van der Waals surface area (Å²) in [7, 11) is 3.85. The first-order chi connectivity index (χ1) is 13.4. The van der Waals surface area contributed by atoms with Gasteiger partial charge in [-0.3, -0.25) is 9.59 Å². The molecule has 2 aromatic rings. The predicted molar refractivity (Wildman–Crippen MR) is 107 cm³/mol. The Hall–Kier alpha value is -3.35. The van der Waals surface area contributed by atoms with Crippen LogP contribution in [-0.2, 0) is 14.3 Å². The van der Waals surface area contributed by atoms with Crippen molar-refractivity contribution in [1.29, 1.82) is 0 Å². The number of amides is 1. The van der Waals surface area contributed by atoms with Crippen LogP contribution < -0.4 is 15.0 Å². The molecule has 28 heavy (non-hydrogen) atoms. The summed E-state index contributed by atoms with van der Waals surface area (Å²) in [6, 6.07) is 13.8. The molecule has 0 saturated heterocycles. The molecule has 0 spiro atoms. The Morgan fingerprint density at radius 2 is 1.57 bits per heavy atom. The number of ketones is 1. The van der Waals surface area contributed by atoms with Crippen LogP contribution in [0.1, 0.15) is 23.7 Å². The second kappa shape index (κ2) is 10.1. The smallest absolute Gasteiger partial charge is 0.344 e. The zero-order valence-corrected chi connectivity index (χ0v) is 16.2. The highest BCUT2D eigenvalue weighted by Gasteiger charge is 2.10. The Balaban J connectivity index is 1.72.